The van der Waals surface area contributed by atoms with E-state index in [9.17, 15) is 22.0 Å². The van der Waals surface area contributed by atoms with Crippen molar-refractivity contribution in [3.8, 4) is 0 Å². The Hall–Kier alpha value is -1.37. The molecule has 0 fully saturated rings. The molecular formula is C12H14F5NO. The SMILES string of the molecule is CCCC(COC)Nc1c(F)c(F)c(F)c(F)c1F. The molecule has 0 aliphatic carbocycles. The van der Waals surface area contributed by atoms with E-state index in [0.717, 1.165) is 0 Å². The number of benzene rings is 1. The first-order valence-corrected chi connectivity index (χ1v) is 5.70. The second-order valence-corrected chi connectivity index (χ2v) is 4.03. The minimum absolute atomic E-state index is 0.0906. The third kappa shape index (κ3) is 3.34. The van der Waals surface area contributed by atoms with Crippen molar-refractivity contribution in [1.82, 2.24) is 0 Å². The van der Waals surface area contributed by atoms with Crippen LogP contribution < -0.4 is 5.32 Å². The molecule has 0 radical (unpaired) electrons. The van der Waals surface area contributed by atoms with E-state index in [1.807, 2.05) is 6.92 Å². The van der Waals surface area contributed by atoms with Gasteiger partial charge in [-0.05, 0) is 6.42 Å². The molecule has 1 aromatic rings. The number of hydrogen-bond donors (Lipinski definition) is 1. The van der Waals surface area contributed by atoms with Crippen LogP contribution in [0.25, 0.3) is 0 Å². The van der Waals surface area contributed by atoms with Crippen LogP contribution in [0.5, 0.6) is 0 Å². The second-order valence-electron chi connectivity index (χ2n) is 4.03. The Morgan fingerprint density at radius 3 is 1.84 bits per heavy atom. The lowest BCUT2D eigenvalue weighted by atomic mass is 10.1. The fraction of sp³-hybridized carbons (Fsp3) is 0.500. The van der Waals surface area contributed by atoms with E-state index in [4.69, 9.17) is 4.74 Å². The fourth-order valence-corrected chi connectivity index (χ4v) is 1.68. The van der Waals surface area contributed by atoms with Gasteiger partial charge in [0, 0.05) is 13.2 Å². The van der Waals surface area contributed by atoms with Crippen molar-refractivity contribution in [2.75, 3.05) is 19.0 Å². The molecule has 19 heavy (non-hydrogen) atoms. The summed E-state index contributed by atoms with van der Waals surface area (Å²) in [6.07, 6.45) is 1.13. The van der Waals surface area contributed by atoms with Crippen LogP contribution in [0, 0.1) is 29.1 Å². The molecule has 0 bridgehead atoms. The minimum atomic E-state index is -2.17. The maximum Gasteiger partial charge on any atom is 0.200 e. The Bertz CT molecular complexity index is 417. The topological polar surface area (TPSA) is 21.3 Å². The van der Waals surface area contributed by atoms with Gasteiger partial charge < -0.3 is 10.1 Å². The summed E-state index contributed by atoms with van der Waals surface area (Å²) in [7, 11) is 1.38. The third-order valence-corrected chi connectivity index (χ3v) is 2.56. The molecular weight excluding hydrogens is 269 g/mol. The summed E-state index contributed by atoms with van der Waals surface area (Å²) in [5.74, 6) is -9.83. The lowest BCUT2D eigenvalue weighted by Gasteiger charge is -2.19. The van der Waals surface area contributed by atoms with Crippen molar-refractivity contribution in [3.63, 3.8) is 0 Å². The Kier molecular flexibility index (Phi) is 5.53. The molecule has 0 amide bonds. The standard InChI is InChI=1S/C12H14F5NO/c1-3-4-6(5-19-2)18-12-10(16)8(14)7(13)9(15)11(12)17/h6,18H,3-5H2,1-2H3. The van der Waals surface area contributed by atoms with Crippen molar-refractivity contribution in [2.24, 2.45) is 0 Å². The smallest absolute Gasteiger partial charge is 0.200 e. The Morgan fingerprint density at radius 2 is 1.42 bits per heavy atom. The van der Waals surface area contributed by atoms with Gasteiger partial charge in [0.1, 0.15) is 5.69 Å². The summed E-state index contributed by atoms with van der Waals surface area (Å²) >= 11 is 0. The van der Waals surface area contributed by atoms with Crippen LogP contribution in [-0.2, 0) is 4.74 Å². The van der Waals surface area contributed by atoms with E-state index < -0.39 is 40.8 Å². The zero-order valence-electron chi connectivity index (χ0n) is 10.5. The maximum absolute atomic E-state index is 13.4. The summed E-state index contributed by atoms with van der Waals surface area (Å²) < 4.78 is 70.5. The largest absolute Gasteiger partial charge is 0.383 e. The fourth-order valence-electron chi connectivity index (χ4n) is 1.68. The van der Waals surface area contributed by atoms with Crippen molar-refractivity contribution < 1.29 is 26.7 Å². The highest BCUT2D eigenvalue weighted by Gasteiger charge is 2.26. The third-order valence-electron chi connectivity index (χ3n) is 2.56. The zero-order valence-corrected chi connectivity index (χ0v) is 10.5. The van der Waals surface area contributed by atoms with Gasteiger partial charge in [0.15, 0.2) is 23.3 Å². The predicted molar refractivity (Wildman–Crippen MR) is 60.4 cm³/mol. The number of methoxy groups -OCH3 is 1. The van der Waals surface area contributed by atoms with E-state index in [-0.39, 0.29) is 6.61 Å². The molecule has 0 aromatic heterocycles. The molecule has 1 aromatic carbocycles. The van der Waals surface area contributed by atoms with Crippen molar-refractivity contribution in [1.29, 1.82) is 0 Å². The highest BCUT2D eigenvalue weighted by Crippen LogP contribution is 2.28. The quantitative estimate of drug-likeness (QED) is 0.489. The van der Waals surface area contributed by atoms with Crippen LogP contribution in [0.1, 0.15) is 19.8 Å². The van der Waals surface area contributed by atoms with E-state index in [1.54, 1.807) is 0 Å². The van der Waals surface area contributed by atoms with Gasteiger partial charge in [-0.2, -0.15) is 0 Å². The summed E-state index contributed by atoms with van der Waals surface area (Å²) in [5, 5.41) is 2.30. The molecule has 0 saturated heterocycles. The molecule has 1 unspecified atom stereocenters. The Balaban J connectivity index is 3.12. The first-order valence-electron chi connectivity index (χ1n) is 5.70. The number of hydrogen-bond acceptors (Lipinski definition) is 2. The number of nitrogens with one attached hydrogen (secondary N) is 1. The normalized spacial score (nSPS) is 12.6. The van der Waals surface area contributed by atoms with E-state index in [2.05, 4.69) is 5.32 Å². The Morgan fingerprint density at radius 1 is 0.947 bits per heavy atom. The van der Waals surface area contributed by atoms with Crippen LogP contribution in [0.15, 0.2) is 0 Å². The molecule has 1 atom stereocenters. The van der Waals surface area contributed by atoms with E-state index in [1.165, 1.54) is 7.11 Å². The van der Waals surface area contributed by atoms with Crippen LogP contribution in [0.4, 0.5) is 27.6 Å². The molecule has 0 aliphatic heterocycles. The average molecular weight is 283 g/mol. The van der Waals surface area contributed by atoms with Crippen molar-refractivity contribution in [2.45, 2.75) is 25.8 Å². The summed E-state index contributed by atoms with van der Waals surface area (Å²) in [6, 6.07) is -0.539. The maximum atomic E-state index is 13.4. The lowest BCUT2D eigenvalue weighted by Crippen LogP contribution is -2.26. The summed E-state index contributed by atoms with van der Waals surface area (Å²) in [6.45, 7) is 1.91. The highest BCUT2D eigenvalue weighted by molar-refractivity contribution is 5.48. The molecule has 0 aliphatic rings. The number of halogens is 5. The minimum Gasteiger partial charge on any atom is -0.383 e. The molecule has 1 rings (SSSR count). The first-order chi connectivity index (χ1) is 8.93. The monoisotopic (exact) mass is 283 g/mol. The van der Waals surface area contributed by atoms with Gasteiger partial charge in [-0.1, -0.05) is 13.3 Å². The van der Waals surface area contributed by atoms with Gasteiger partial charge in [-0.3, -0.25) is 0 Å². The molecule has 2 nitrogen and oxygen atoms in total. The summed E-state index contributed by atoms with van der Waals surface area (Å²) in [5.41, 5.74) is -1.02. The van der Waals surface area contributed by atoms with Crippen LogP contribution in [0.2, 0.25) is 0 Å². The van der Waals surface area contributed by atoms with Crippen LogP contribution in [-0.4, -0.2) is 19.8 Å². The van der Waals surface area contributed by atoms with Gasteiger partial charge in [0.25, 0.3) is 0 Å². The van der Waals surface area contributed by atoms with Crippen LogP contribution >= 0.6 is 0 Å². The molecule has 0 saturated carbocycles. The van der Waals surface area contributed by atoms with Crippen LogP contribution in [0.3, 0.4) is 0 Å². The molecule has 0 spiro atoms. The van der Waals surface area contributed by atoms with Crippen molar-refractivity contribution in [3.05, 3.63) is 29.1 Å². The second kappa shape index (κ2) is 6.70. The van der Waals surface area contributed by atoms with Crippen molar-refractivity contribution >= 4 is 5.69 Å². The zero-order chi connectivity index (χ0) is 14.6. The predicted octanol–water partition coefficient (Wildman–Crippen LogP) is 3.61. The molecule has 1 N–H and O–H groups in total. The number of rotatable bonds is 6. The average Bonchev–Trinajstić information content (AvgIpc) is 2.39. The van der Waals surface area contributed by atoms with Gasteiger partial charge >= 0.3 is 0 Å². The first kappa shape index (κ1) is 15.7. The van der Waals surface area contributed by atoms with Gasteiger partial charge in [0.05, 0.1) is 6.61 Å². The molecule has 0 heterocycles. The van der Waals surface area contributed by atoms with E-state index in [0.29, 0.717) is 12.8 Å². The number of anilines is 1. The van der Waals surface area contributed by atoms with Gasteiger partial charge in [-0.15, -0.1) is 0 Å². The van der Waals surface area contributed by atoms with Gasteiger partial charge in [-0.25, -0.2) is 22.0 Å². The number of ether oxygens (including phenoxy) is 1. The summed E-state index contributed by atoms with van der Waals surface area (Å²) in [4.78, 5) is 0. The lowest BCUT2D eigenvalue weighted by molar-refractivity contribution is 0.182. The molecule has 108 valence electrons. The Labute approximate surface area is 107 Å². The van der Waals surface area contributed by atoms with Gasteiger partial charge in [0.2, 0.25) is 5.82 Å². The van der Waals surface area contributed by atoms with E-state index >= 15 is 0 Å². The molecule has 7 heteroatoms. The highest BCUT2D eigenvalue weighted by atomic mass is 19.2.